The van der Waals surface area contributed by atoms with Gasteiger partial charge in [-0.25, -0.2) is 9.48 Å². The first-order valence-electron chi connectivity index (χ1n) is 11.1. The van der Waals surface area contributed by atoms with Crippen molar-refractivity contribution in [1.29, 1.82) is 0 Å². The first-order valence-corrected chi connectivity index (χ1v) is 11.1. The van der Waals surface area contributed by atoms with Crippen LogP contribution in [-0.2, 0) is 27.4 Å². The summed E-state index contributed by atoms with van der Waals surface area (Å²) in [6.45, 7) is 2.73. The van der Waals surface area contributed by atoms with Crippen molar-refractivity contribution >= 4 is 24.1 Å². The molecule has 0 aliphatic heterocycles. The second-order valence-electron chi connectivity index (χ2n) is 7.52. The summed E-state index contributed by atoms with van der Waals surface area (Å²) in [7, 11) is 0. The van der Waals surface area contributed by atoms with Gasteiger partial charge in [0.05, 0.1) is 18.8 Å². The average Bonchev–Trinajstić information content (AvgIpc) is 2.85. The predicted molar refractivity (Wildman–Crippen MR) is 131 cm³/mol. The molecule has 3 N–H and O–H groups in total. The van der Waals surface area contributed by atoms with E-state index >= 15 is 0 Å². The van der Waals surface area contributed by atoms with Crippen LogP contribution in [0.1, 0.15) is 24.5 Å². The Bertz CT molecular complexity index is 1240. The van der Waals surface area contributed by atoms with Crippen molar-refractivity contribution in [2.24, 2.45) is 0 Å². The molecule has 3 rings (SSSR count). The van der Waals surface area contributed by atoms with Crippen LogP contribution in [-0.4, -0.2) is 41.3 Å². The Labute approximate surface area is 202 Å². The van der Waals surface area contributed by atoms with Gasteiger partial charge in [-0.05, 0) is 36.2 Å². The molecule has 182 valence electrons. The van der Waals surface area contributed by atoms with E-state index in [1.54, 1.807) is 31.2 Å². The summed E-state index contributed by atoms with van der Waals surface area (Å²) in [6.07, 6.45) is 0.176. The summed E-state index contributed by atoms with van der Waals surface area (Å²) >= 11 is 0. The molecule has 0 saturated carbocycles. The van der Waals surface area contributed by atoms with Crippen molar-refractivity contribution in [3.63, 3.8) is 0 Å². The maximum absolute atomic E-state index is 12.5. The van der Waals surface area contributed by atoms with Gasteiger partial charge in [0, 0.05) is 36.8 Å². The molecule has 2 aromatic carbocycles. The summed E-state index contributed by atoms with van der Waals surface area (Å²) in [4.78, 5) is 46.5. The Morgan fingerprint density at radius 1 is 1.09 bits per heavy atom. The Hall–Kier alpha value is -4.47. The van der Waals surface area contributed by atoms with Crippen LogP contribution >= 0.6 is 0 Å². The molecular weight excluding hydrogens is 450 g/mol. The van der Waals surface area contributed by atoms with E-state index in [9.17, 15) is 19.2 Å². The molecule has 10 heteroatoms. The van der Waals surface area contributed by atoms with Crippen LogP contribution in [0.5, 0.6) is 0 Å². The first-order chi connectivity index (χ1) is 17.0. The maximum atomic E-state index is 12.5. The molecule has 0 radical (unpaired) electrons. The Balaban J connectivity index is 1.77. The van der Waals surface area contributed by atoms with Crippen LogP contribution in [0.4, 0.5) is 10.5 Å². The molecule has 0 aliphatic carbocycles. The van der Waals surface area contributed by atoms with Gasteiger partial charge < -0.3 is 15.4 Å². The van der Waals surface area contributed by atoms with E-state index in [2.05, 4.69) is 21.0 Å². The smallest absolute Gasteiger partial charge is 0.411 e. The normalized spacial score (nSPS) is 10.3. The molecule has 3 aromatic rings. The number of hydrogen-bond donors (Lipinski definition) is 3. The largest absolute Gasteiger partial charge is 0.450 e. The molecule has 35 heavy (non-hydrogen) atoms. The lowest BCUT2D eigenvalue weighted by atomic mass is 10.0. The van der Waals surface area contributed by atoms with Crippen LogP contribution in [0.3, 0.4) is 0 Å². The lowest BCUT2D eigenvalue weighted by Gasteiger charge is -2.12. The summed E-state index contributed by atoms with van der Waals surface area (Å²) in [5.41, 5.74) is 3.25. The Morgan fingerprint density at radius 2 is 1.91 bits per heavy atom. The van der Waals surface area contributed by atoms with Gasteiger partial charge >= 0.3 is 6.09 Å². The zero-order valence-electron chi connectivity index (χ0n) is 19.3. The molecule has 0 bridgehead atoms. The van der Waals surface area contributed by atoms with Gasteiger partial charge in [-0.15, -0.1) is 0 Å². The van der Waals surface area contributed by atoms with E-state index < -0.39 is 6.09 Å². The van der Waals surface area contributed by atoms with E-state index in [1.807, 2.05) is 30.3 Å². The second-order valence-corrected chi connectivity index (χ2v) is 7.52. The highest BCUT2D eigenvalue weighted by atomic mass is 16.5. The Morgan fingerprint density at radius 3 is 2.71 bits per heavy atom. The van der Waals surface area contributed by atoms with Crippen LogP contribution in [0, 0.1) is 0 Å². The van der Waals surface area contributed by atoms with Crippen molar-refractivity contribution in [3.05, 3.63) is 82.1 Å². The van der Waals surface area contributed by atoms with Gasteiger partial charge in [0.2, 0.25) is 12.3 Å². The number of carbonyl (C=O) groups excluding carboxylic acids is 3. The number of anilines is 1. The van der Waals surface area contributed by atoms with Crippen LogP contribution < -0.4 is 21.5 Å². The summed E-state index contributed by atoms with van der Waals surface area (Å²) < 4.78 is 6.24. The van der Waals surface area contributed by atoms with Gasteiger partial charge in [-0.3, -0.25) is 19.7 Å². The number of amides is 3. The molecule has 0 fully saturated rings. The SMILES string of the molecule is CCOC(=O)Nc1cccc(Cn2nc(-c3ccccc3CNC(=O)CCNC=O)ccc2=O)c1. The first kappa shape index (κ1) is 25.2. The van der Waals surface area contributed by atoms with Crippen molar-refractivity contribution in [1.82, 2.24) is 20.4 Å². The fourth-order valence-electron chi connectivity index (χ4n) is 3.36. The molecule has 1 aromatic heterocycles. The minimum absolute atomic E-state index is 0.175. The van der Waals surface area contributed by atoms with Crippen molar-refractivity contribution < 1.29 is 19.1 Å². The summed E-state index contributed by atoms with van der Waals surface area (Å²) in [6, 6.07) is 17.6. The van der Waals surface area contributed by atoms with Crippen LogP contribution in [0.15, 0.2) is 65.5 Å². The quantitative estimate of drug-likeness (QED) is 0.287. The number of benzene rings is 2. The molecule has 0 spiro atoms. The number of nitrogens with one attached hydrogen (secondary N) is 3. The van der Waals surface area contributed by atoms with Crippen LogP contribution in [0.2, 0.25) is 0 Å². The Kier molecular flexibility index (Phi) is 9.12. The zero-order valence-corrected chi connectivity index (χ0v) is 19.3. The lowest BCUT2D eigenvalue weighted by molar-refractivity contribution is -0.121. The minimum atomic E-state index is -0.550. The fourth-order valence-corrected chi connectivity index (χ4v) is 3.36. The van der Waals surface area contributed by atoms with E-state index in [0.29, 0.717) is 17.8 Å². The van der Waals surface area contributed by atoms with Gasteiger partial charge in [0.1, 0.15) is 0 Å². The fraction of sp³-hybridized carbons (Fsp3) is 0.240. The van der Waals surface area contributed by atoms with Gasteiger partial charge in [0.15, 0.2) is 0 Å². The average molecular weight is 478 g/mol. The highest BCUT2D eigenvalue weighted by Gasteiger charge is 2.11. The predicted octanol–water partition coefficient (Wildman–Crippen LogP) is 2.28. The lowest BCUT2D eigenvalue weighted by Crippen LogP contribution is -2.27. The van der Waals surface area contributed by atoms with Gasteiger partial charge in [-0.1, -0.05) is 36.4 Å². The molecule has 0 atom stereocenters. The minimum Gasteiger partial charge on any atom is -0.450 e. The highest BCUT2D eigenvalue weighted by Crippen LogP contribution is 2.21. The molecule has 1 heterocycles. The van der Waals surface area contributed by atoms with E-state index in [1.165, 1.54) is 10.7 Å². The van der Waals surface area contributed by atoms with Crippen LogP contribution in [0.25, 0.3) is 11.3 Å². The maximum Gasteiger partial charge on any atom is 0.411 e. The molecular formula is C25H27N5O5. The van der Waals surface area contributed by atoms with E-state index in [-0.39, 0.29) is 44.1 Å². The molecule has 10 nitrogen and oxygen atoms in total. The number of ether oxygens (including phenoxy) is 1. The third kappa shape index (κ3) is 7.53. The van der Waals surface area contributed by atoms with Gasteiger partial charge in [-0.2, -0.15) is 5.10 Å². The van der Waals surface area contributed by atoms with Gasteiger partial charge in [0.25, 0.3) is 5.56 Å². The third-order valence-electron chi connectivity index (χ3n) is 5.00. The standard InChI is InChI=1S/C25H27N5O5/c1-2-35-25(34)28-20-8-5-6-18(14-20)16-30-24(33)11-10-22(29-30)21-9-4-3-7-19(21)15-27-23(32)12-13-26-17-31/h3-11,14,17H,2,12-13,15-16H2,1H3,(H,26,31)(H,27,32)(H,28,34). The topological polar surface area (TPSA) is 131 Å². The molecule has 0 unspecified atom stereocenters. The second kappa shape index (κ2) is 12.7. The molecule has 0 saturated heterocycles. The number of nitrogens with zero attached hydrogens (tertiary/aromatic N) is 2. The van der Waals surface area contributed by atoms with Crippen molar-refractivity contribution in [2.75, 3.05) is 18.5 Å². The summed E-state index contributed by atoms with van der Waals surface area (Å²) in [5.74, 6) is -0.191. The molecule has 0 aliphatic rings. The third-order valence-corrected chi connectivity index (χ3v) is 5.00. The number of rotatable bonds is 11. The number of hydrogen-bond acceptors (Lipinski definition) is 6. The number of carbonyl (C=O) groups is 3. The zero-order chi connectivity index (χ0) is 25.0. The van der Waals surface area contributed by atoms with Crippen molar-refractivity contribution in [3.8, 4) is 11.3 Å². The van der Waals surface area contributed by atoms with E-state index in [4.69, 9.17) is 4.74 Å². The highest BCUT2D eigenvalue weighted by molar-refractivity contribution is 5.84. The molecule has 3 amide bonds. The van der Waals surface area contributed by atoms with E-state index in [0.717, 1.165) is 16.7 Å². The summed E-state index contributed by atoms with van der Waals surface area (Å²) in [5, 5.41) is 12.5. The van der Waals surface area contributed by atoms with Crippen molar-refractivity contribution in [2.45, 2.75) is 26.4 Å². The number of aromatic nitrogens is 2. The monoisotopic (exact) mass is 477 g/mol.